The van der Waals surface area contributed by atoms with Crippen molar-refractivity contribution >= 4 is 0 Å². The van der Waals surface area contributed by atoms with Crippen LogP contribution in [0.2, 0.25) is 0 Å². The van der Waals surface area contributed by atoms with Crippen molar-refractivity contribution in [3.8, 4) is 0 Å². The van der Waals surface area contributed by atoms with E-state index in [4.69, 9.17) is 5.73 Å². The summed E-state index contributed by atoms with van der Waals surface area (Å²) in [6, 6.07) is 0.648. The van der Waals surface area contributed by atoms with Gasteiger partial charge >= 0.3 is 0 Å². The summed E-state index contributed by atoms with van der Waals surface area (Å²) in [6.45, 7) is 4.17. The third kappa shape index (κ3) is 1.79. The maximum Gasteiger partial charge on any atom is 0.0328 e. The van der Waals surface area contributed by atoms with Gasteiger partial charge in [0.2, 0.25) is 0 Å². The third-order valence-corrected chi connectivity index (χ3v) is 3.30. The monoisotopic (exact) mass is 171 g/mol. The molecule has 0 amide bonds. The van der Waals surface area contributed by atoms with E-state index in [-0.39, 0.29) is 5.54 Å². The number of rotatable bonds is 2. The predicted octanol–water partition coefficient (Wildman–Crippen LogP) is 0.0174. The molecule has 0 saturated carbocycles. The molecule has 2 unspecified atom stereocenters. The van der Waals surface area contributed by atoms with Crippen molar-refractivity contribution in [2.75, 3.05) is 27.2 Å². The second kappa shape index (κ2) is 3.73. The van der Waals surface area contributed by atoms with E-state index < -0.39 is 0 Å². The van der Waals surface area contributed by atoms with Crippen molar-refractivity contribution in [3.63, 3.8) is 0 Å². The normalized spacial score (nSPS) is 38.5. The second-order valence-corrected chi connectivity index (χ2v) is 4.02. The molecular weight excluding hydrogens is 150 g/mol. The molecule has 0 radical (unpaired) electrons. The SMILES string of the molecule is CNC1(CN)CCN(C)C(C)C1. The Morgan fingerprint density at radius 2 is 2.33 bits per heavy atom. The van der Waals surface area contributed by atoms with Gasteiger partial charge in [-0.1, -0.05) is 0 Å². The van der Waals surface area contributed by atoms with Gasteiger partial charge in [-0.3, -0.25) is 0 Å². The molecule has 2 atom stereocenters. The quantitative estimate of drug-likeness (QED) is 0.615. The molecular formula is C9H21N3. The fourth-order valence-electron chi connectivity index (χ4n) is 1.95. The van der Waals surface area contributed by atoms with E-state index in [9.17, 15) is 0 Å². The molecule has 0 aromatic carbocycles. The van der Waals surface area contributed by atoms with Crippen LogP contribution in [0.1, 0.15) is 19.8 Å². The average Bonchev–Trinajstić information content (AvgIpc) is 2.10. The van der Waals surface area contributed by atoms with Gasteiger partial charge in [0.25, 0.3) is 0 Å². The van der Waals surface area contributed by atoms with Gasteiger partial charge in [0.05, 0.1) is 0 Å². The predicted molar refractivity (Wildman–Crippen MR) is 52.2 cm³/mol. The van der Waals surface area contributed by atoms with Crippen LogP contribution < -0.4 is 11.1 Å². The molecule has 1 aliphatic heterocycles. The molecule has 1 fully saturated rings. The van der Waals surface area contributed by atoms with Crippen LogP contribution in [-0.2, 0) is 0 Å². The number of likely N-dealkylation sites (N-methyl/N-ethyl adjacent to an activating group) is 1. The smallest absolute Gasteiger partial charge is 0.0328 e. The van der Waals surface area contributed by atoms with E-state index in [0.29, 0.717) is 6.04 Å². The minimum atomic E-state index is 0.200. The van der Waals surface area contributed by atoms with Crippen LogP contribution in [0.3, 0.4) is 0 Å². The number of nitrogens with zero attached hydrogens (tertiary/aromatic N) is 1. The van der Waals surface area contributed by atoms with Crippen molar-refractivity contribution < 1.29 is 0 Å². The number of hydrogen-bond donors (Lipinski definition) is 2. The zero-order chi connectivity index (χ0) is 9.19. The number of nitrogens with one attached hydrogen (secondary N) is 1. The van der Waals surface area contributed by atoms with Gasteiger partial charge in [0.1, 0.15) is 0 Å². The lowest BCUT2D eigenvalue weighted by atomic mass is 9.84. The second-order valence-electron chi connectivity index (χ2n) is 4.02. The first-order chi connectivity index (χ1) is 5.63. The summed E-state index contributed by atoms with van der Waals surface area (Å²) in [6.07, 6.45) is 2.33. The number of likely N-dealkylation sites (tertiary alicyclic amines) is 1. The van der Waals surface area contributed by atoms with E-state index in [0.717, 1.165) is 19.5 Å². The van der Waals surface area contributed by atoms with Crippen molar-refractivity contribution in [1.82, 2.24) is 10.2 Å². The zero-order valence-electron chi connectivity index (χ0n) is 8.43. The molecule has 3 N–H and O–H groups in total. The van der Waals surface area contributed by atoms with Crippen LogP contribution in [-0.4, -0.2) is 43.7 Å². The molecule has 1 saturated heterocycles. The molecule has 1 rings (SSSR count). The van der Waals surface area contributed by atoms with E-state index >= 15 is 0 Å². The van der Waals surface area contributed by atoms with Gasteiger partial charge in [-0.15, -0.1) is 0 Å². The van der Waals surface area contributed by atoms with Gasteiger partial charge in [-0.2, -0.15) is 0 Å². The van der Waals surface area contributed by atoms with E-state index in [1.807, 2.05) is 7.05 Å². The molecule has 0 aliphatic carbocycles. The highest BCUT2D eigenvalue weighted by atomic mass is 15.2. The molecule has 0 aromatic rings. The first-order valence-electron chi connectivity index (χ1n) is 4.73. The minimum absolute atomic E-state index is 0.200. The highest BCUT2D eigenvalue weighted by Gasteiger charge is 2.34. The van der Waals surface area contributed by atoms with E-state index in [1.54, 1.807) is 0 Å². The molecule has 0 bridgehead atoms. The minimum Gasteiger partial charge on any atom is -0.329 e. The summed E-state index contributed by atoms with van der Waals surface area (Å²) in [4.78, 5) is 2.39. The third-order valence-electron chi connectivity index (χ3n) is 3.30. The average molecular weight is 171 g/mol. The molecule has 3 nitrogen and oxygen atoms in total. The fourth-order valence-corrected chi connectivity index (χ4v) is 1.95. The van der Waals surface area contributed by atoms with Crippen LogP contribution in [0, 0.1) is 0 Å². The van der Waals surface area contributed by atoms with Crippen molar-refractivity contribution in [2.45, 2.75) is 31.3 Å². The summed E-state index contributed by atoms with van der Waals surface area (Å²) < 4.78 is 0. The Kier molecular flexibility index (Phi) is 3.09. The molecule has 0 spiro atoms. The van der Waals surface area contributed by atoms with Gasteiger partial charge < -0.3 is 16.0 Å². The standard InChI is InChI=1S/C9H21N3/c1-8-6-9(7-10,11-2)4-5-12(8)3/h8,11H,4-7,10H2,1-3H3. The Balaban J connectivity index is 2.58. The van der Waals surface area contributed by atoms with Gasteiger partial charge in [0, 0.05) is 18.1 Å². The largest absolute Gasteiger partial charge is 0.329 e. The Morgan fingerprint density at radius 3 is 2.75 bits per heavy atom. The summed E-state index contributed by atoms with van der Waals surface area (Å²) in [5, 5.41) is 3.37. The maximum absolute atomic E-state index is 5.78. The summed E-state index contributed by atoms with van der Waals surface area (Å²) in [7, 11) is 4.20. The number of piperidine rings is 1. The van der Waals surface area contributed by atoms with Gasteiger partial charge in [0.15, 0.2) is 0 Å². The summed E-state index contributed by atoms with van der Waals surface area (Å²) >= 11 is 0. The van der Waals surface area contributed by atoms with Gasteiger partial charge in [-0.25, -0.2) is 0 Å². The lowest BCUT2D eigenvalue weighted by Crippen LogP contribution is -2.58. The van der Waals surface area contributed by atoms with Crippen LogP contribution in [0.5, 0.6) is 0 Å². The van der Waals surface area contributed by atoms with Gasteiger partial charge in [-0.05, 0) is 40.4 Å². The highest BCUT2D eigenvalue weighted by molar-refractivity contribution is 4.95. The van der Waals surface area contributed by atoms with Crippen molar-refractivity contribution in [1.29, 1.82) is 0 Å². The first-order valence-corrected chi connectivity index (χ1v) is 4.73. The molecule has 12 heavy (non-hydrogen) atoms. The first kappa shape index (κ1) is 9.96. The lowest BCUT2D eigenvalue weighted by molar-refractivity contribution is 0.117. The Hall–Kier alpha value is -0.120. The Bertz CT molecular complexity index is 143. The molecule has 1 heterocycles. The maximum atomic E-state index is 5.78. The Morgan fingerprint density at radius 1 is 1.67 bits per heavy atom. The topological polar surface area (TPSA) is 41.3 Å². The van der Waals surface area contributed by atoms with E-state index in [2.05, 4.69) is 24.2 Å². The summed E-state index contributed by atoms with van der Waals surface area (Å²) in [5.74, 6) is 0. The molecule has 3 heteroatoms. The Labute approximate surface area is 75.3 Å². The number of hydrogen-bond acceptors (Lipinski definition) is 3. The van der Waals surface area contributed by atoms with Crippen molar-refractivity contribution in [2.24, 2.45) is 5.73 Å². The van der Waals surface area contributed by atoms with Crippen LogP contribution in [0.15, 0.2) is 0 Å². The highest BCUT2D eigenvalue weighted by Crippen LogP contribution is 2.24. The molecule has 1 aliphatic rings. The van der Waals surface area contributed by atoms with Crippen LogP contribution in [0.4, 0.5) is 0 Å². The van der Waals surface area contributed by atoms with E-state index in [1.165, 1.54) is 6.42 Å². The summed E-state index contributed by atoms with van der Waals surface area (Å²) in [5.41, 5.74) is 5.98. The zero-order valence-corrected chi connectivity index (χ0v) is 8.43. The fraction of sp³-hybridized carbons (Fsp3) is 1.00. The van der Waals surface area contributed by atoms with Crippen molar-refractivity contribution in [3.05, 3.63) is 0 Å². The lowest BCUT2D eigenvalue weighted by Gasteiger charge is -2.43. The van der Waals surface area contributed by atoms with Crippen LogP contribution >= 0.6 is 0 Å². The molecule has 0 aromatic heterocycles. The molecule has 72 valence electrons. The number of nitrogens with two attached hydrogens (primary N) is 1. The van der Waals surface area contributed by atoms with Crippen LogP contribution in [0.25, 0.3) is 0 Å².